The van der Waals surface area contributed by atoms with E-state index < -0.39 is 47.9 Å². The summed E-state index contributed by atoms with van der Waals surface area (Å²) < 4.78 is 31.0. The Bertz CT molecular complexity index is 2450. The normalized spacial score (nSPS) is 19.5. The molecule has 0 spiro atoms. The van der Waals surface area contributed by atoms with Crippen LogP contribution in [0.15, 0.2) is 111 Å². The van der Waals surface area contributed by atoms with Gasteiger partial charge in [0.2, 0.25) is 0 Å². The molecule has 2 N–H and O–H groups in total. The number of aliphatic hydroxyl groups is 2. The SMILES string of the molecule is COC[C@@H](CCO)c1c(CO)c2ccc3c(c2oc1=O)[C@H]1OC(=O)C[C@H](CCc2cccc(Cc4ccccc4)c2)Cc2ccc(cc2)CCC(=C(C)C)C(=O)O[C@@H]1C(C)(C)O3. The van der Waals surface area contributed by atoms with E-state index in [9.17, 15) is 24.6 Å². The number of aryl methyl sites for hydroxylation is 2. The fourth-order valence-electron chi connectivity index (χ4n) is 9.12. The quantitative estimate of drug-likeness (QED) is 0.0753. The summed E-state index contributed by atoms with van der Waals surface area (Å²) in [5.74, 6) is -1.44. The van der Waals surface area contributed by atoms with E-state index in [-0.39, 0.29) is 48.7 Å². The predicted molar refractivity (Wildman–Crippen MR) is 237 cm³/mol. The Kier molecular flexibility index (Phi) is 14.1. The molecule has 0 aliphatic carbocycles. The molecule has 10 nitrogen and oxygen atoms in total. The third kappa shape index (κ3) is 10.0. The van der Waals surface area contributed by atoms with Crippen molar-refractivity contribution in [2.45, 2.75) is 109 Å². The maximum atomic E-state index is 14.6. The van der Waals surface area contributed by atoms with Gasteiger partial charge >= 0.3 is 17.6 Å². The van der Waals surface area contributed by atoms with Gasteiger partial charge in [0.25, 0.3) is 0 Å². The highest BCUT2D eigenvalue weighted by atomic mass is 16.6. The molecule has 0 fully saturated rings. The largest absolute Gasteiger partial charge is 0.483 e. The van der Waals surface area contributed by atoms with E-state index in [1.807, 2.05) is 32.0 Å². The highest BCUT2D eigenvalue weighted by molar-refractivity contribution is 5.90. The highest BCUT2D eigenvalue weighted by Gasteiger charge is 2.51. The second kappa shape index (κ2) is 19.7. The summed E-state index contributed by atoms with van der Waals surface area (Å²) in [4.78, 5) is 42.8. The minimum absolute atomic E-state index is 0.0538. The van der Waals surface area contributed by atoms with Crippen LogP contribution in [0.4, 0.5) is 0 Å². The number of carbonyl (C=O) groups is 2. The summed E-state index contributed by atoms with van der Waals surface area (Å²) >= 11 is 0. The third-order valence-electron chi connectivity index (χ3n) is 12.3. The monoisotopic (exact) mass is 842 g/mol. The van der Waals surface area contributed by atoms with Crippen molar-refractivity contribution in [3.8, 4) is 5.75 Å². The zero-order valence-electron chi connectivity index (χ0n) is 36.4. The number of hydrogen-bond donors (Lipinski definition) is 2. The Balaban J connectivity index is 1.29. The first kappa shape index (κ1) is 44.5. The Labute approximate surface area is 363 Å². The molecular formula is C52H58O10. The van der Waals surface area contributed by atoms with Gasteiger partial charge in [-0.2, -0.15) is 0 Å². The first-order chi connectivity index (χ1) is 29.9. The van der Waals surface area contributed by atoms with Gasteiger partial charge in [0.15, 0.2) is 12.2 Å². The lowest BCUT2D eigenvalue weighted by Crippen LogP contribution is -2.52. The lowest BCUT2D eigenvalue weighted by atomic mass is 9.85. The summed E-state index contributed by atoms with van der Waals surface area (Å²) in [5, 5.41) is 21.1. The Morgan fingerprint density at radius 2 is 1.56 bits per heavy atom. The second-order valence-electron chi connectivity index (χ2n) is 17.5. The van der Waals surface area contributed by atoms with Gasteiger partial charge in [0.05, 0.1) is 18.8 Å². The molecule has 326 valence electrons. The average Bonchev–Trinajstić information content (AvgIpc) is 3.24. The Hall–Kier alpha value is -5.55. The van der Waals surface area contributed by atoms with Crippen LogP contribution >= 0.6 is 0 Å². The predicted octanol–water partition coefficient (Wildman–Crippen LogP) is 8.82. The number of ether oxygens (including phenoxy) is 4. The molecule has 0 radical (unpaired) electrons. The molecule has 3 aliphatic heterocycles. The minimum atomic E-state index is -1.25. The van der Waals surface area contributed by atoms with Gasteiger partial charge in [-0.05, 0) is 124 Å². The number of hydrogen-bond acceptors (Lipinski definition) is 10. The van der Waals surface area contributed by atoms with Crippen molar-refractivity contribution >= 4 is 22.9 Å². The van der Waals surface area contributed by atoms with E-state index in [2.05, 4.69) is 60.7 Å². The van der Waals surface area contributed by atoms with Crippen LogP contribution in [0, 0.1) is 5.92 Å². The number of methoxy groups -OCH3 is 1. The molecule has 5 aromatic rings. The van der Waals surface area contributed by atoms with Gasteiger partial charge in [0.1, 0.15) is 16.9 Å². The molecule has 0 saturated heterocycles. The summed E-state index contributed by atoms with van der Waals surface area (Å²) in [6.45, 7) is 6.68. The van der Waals surface area contributed by atoms with Crippen LogP contribution in [0.25, 0.3) is 11.0 Å². The lowest BCUT2D eigenvalue weighted by Gasteiger charge is -2.43. The van der Waals surface area contributed by atoms with Gasteiger partial charge in [-0.25, -0.2) is 9.59 Å². The fraction of sp³-hybridized carbons (Fsp3) is 0.404. The fourth-order valence-corrected chi connectivity index (χ4v) is 9.12. The van der Waals surface area contributed by atoms with Crippen molar-refractivity contribution in [1.29, 1.82) is 0 Å². The minimum Gasteiger partial charge on any atom is -0.483 e. The number of carbonyl (C=O) groups excluding carboxylic acids is 2. The number of allylic oxidation sites excluding steroid dienone is 1. The van der Waals surface area contributed by atoms with Crippen molar-refractivity contribution < 1.29 is 43.2 Å². The van der Waals surface area contributed by atoms with E-state index >= 15 is 0 Å². The lowest BCUT2D eigenvalue weighted by molar-refractivity contribution is -0.188. The molecule has 2 bridgehead atoms. The molecule has 62 heavy (non-hydrogen) atoms. The first-order valence-electron chi connectivity index (χ1n) is 21.7. The topological polar surface area (TPSA) is 142 Å². The van der Waals surface area contributed by atoms with Crippen LogP contribution in [0.3, 0.4) is 0 Å². The van der Waals surface area contributed by atoms with E-state index in [1.54, 1.807) is 26.0 Å². The number of esters is 2. The zero-order valence-corrected chi connectivity index (χ0v) is 36.4. The van der Waals surface area contributed by atoms with Gasteiger partial charge < -0.3 is 33.6 Å². The van der Waals surface area contributed by atoms with E-state index in [4.69, 9.17) is 23.4 Å². The smallest absolute Gasteiger partial charge is 0.340 e. The molecule has 4 aromatic carbocycles. The molecular weight excluding hydrogens is 785 g/mol. The highest BCUT2D eigenvalue weighted by Crippen LogP contribution is 2.48. The van der Waals surface area contributed by atoms with E-state index in [0.29, 0.717) is 48.0 Å². The van der Waals surface area contributed by atoms with Crippen LogP contribution in [0.5, 0.6) is 5.75 Å². The summed E-state index contributed by atoms with van der Waals surface area (Å²) in [6, 6.07) is 30.8. The molecule has 0 amide bonds. The maximum Gasteiger partial charge on any atom is 0.340 e. The van der Waals surface area contributed by atoms with Crippen LogP contribution in [-0.2, 0) is 56.1 Å². The van der Waals surface area contributed by atoms with Gasteiger partial charge in [-0.1, -0.05) is 84.4 Å². The van der Waals surface area contributed by atoms with Gasteiger partial charge in [-0.3, -0.25) is 4.79 Å². The number of fused-ring (bicyclic) bond motifs is 13. The van der Waals surface area contributed by atoms with Crippen LogP contribution in [-0.4, -0.2) is 54.2 Å². The van der Waals surface area contributed by atoms with Crippen molar-refractivity contribution in [1.82, 2.24) is 0 Å². The van der Waals surface area contributed by atoms with Crippen LogP contribution in [0.2, 0.25) is 0 Å². The van der Waals surface area contributed by atoms with Crippen LogP contribution < -0.4 is 10.4 Å². The number of rotatable bonds is 11. The molecule has 8 rings (SSSR count). The van der Waals surface area contributed by atoms with Gasteiger partial charge in [0, 0.05) is 42.6 Å². The van der Waals surface area contributed by atoms with E-state index in [0.717, 1.165) is 29.5 Å². The van der Waals surface area contributed by atoms with Gasteiger partial charge in [-0.15, -0.1) is 0 Å². The summed E-state index contributed by atoms with van der Waals surface area (Å²) in [6.07, 6.45) is 1.83. The summed E-state index contributed by atoms with van der Waals surface area (Å²) in [7, 11) is 1.50. The number of benzene rings is 4. The molecule has 0 unspecified atom stereocenters. The van der Waals surface area contributed by atoms with Crippen molar-refractivity contribution in [2.24, 2.45) is 5.92 Å². The molecule has 4 atom stereocenters. The molecule has 4 heterocycles. The van der Waals surface area contributed by atoms with Crippen LogP contribution in [0.1, 0.15) is 110 Å². The Morgan fingerprint density at radius 1 is 0.839 bits per heavy atom. The average molecular weight is 843 g/mol. The molecule has 0 saturated carbocycles. The van der Waals surface area contributed by atoms with Crippen molar-refractivity contribution in [2.75, 3.05) is 20.3 Å². The van der Waals surface area contributed by atoms with Crippen molar-refractivity contribution in [3.05, 3.63) is 157 Å². The zero-order chi connectivity index (χ0) is 44.0. The third-order valence-corrected chi connectivity index (χ3v) is 12.3. The Morgan fingerprint density at radius 3 is 2.27 bits per heavy atom. The maximum absolute atomic E-state index is 14.6. The van der Waals surface area contributed by atoms with E-state index in [1.165, 1.54) is 23.8 Å². The second-order valence-corrected chi connectivity index (χ2v) is 17.5. The van der Waals surface area contributed by atoms with Crippen molar-refractivity contribution in [3.63, 3.8) is 0 Å². The number of aliphatic hydroxyl groups excluding tert-OH is 2. The molecule has 10 heteroatoms. The molecule has 3 aliphatic rings. The summed E-state index contributed by atoms with van der Waals surface area (Å²) in [5.41, 5.74) is 5.98. The first-order valence-corrected chi connectivity index (χ1v) is 21.7. The molecule has 1 aromatic heterocycles. The standard InChI is InChI=1S/C52H58O10/c1-32(2)40-21-20-33-14-16-36(17-15-33)28-38(19-18-35-12-9-13-37(27-35)26-34-10-7-6-8-11-34)29-44(55)59-48-46-43(62-52(3,4)49(48)61-50(40)56)23-22-41-42(30-54)45(51(57)60-47(41)46)39(24-25-53)31-58-5/h6-17,22-23,27,38-39,48-49,53-54H,18-21,24-26,28-31H2,1-5H3/t38-,39-,48-,49+/m1/s1.